The average molecular weight is 409 g/mol. The molecule has 0 radical (unpaired) electrons. The molecule has 8 nitrogen and oxygen atoms in total. The number of nitrogens with zero attached hydrogens (tertiary/aromatic N) is 3. The maximum Gasteiger partial charge on any atom is 0.240 e. The lowest BCUT2D eigenvalue weighted by Gasteiger charge is -2.10. The predicted molar refractivity (Wildman–Crippen MR) is 100 cm³/mol. The van der Waals surface area contributed by atoms with E-state index in [4.69, 9.17) is 11.6 Å². The molecular weight excluding hydrogens is 395 g/mol. The third-order valence-corrected chi connectivity index (χ3v) is 5.07. The lowest BCUT2D eigenvalue weighted by molar-refractivity contribution is 0.587. The maximum absolute atomic E-state index is 14.1. The fourth-order valence-electron chi connectivity index (χ4n) is 2.10. The van der Waals surface area contributed by atoms with E-state index in [0.717, 1.165) is 6.07 Å². The summed E-state index contributed by atoms with van der Waals surface area (Å²) in [5, 5.41) is 6.20. The van der Waals surface area contributed by atoms with Gasteiger partial charge in [-0.25, -0.2) is 32.5 Å². The molecule has 0 bridgehead atoms. The zero-order valence-corrected chi connectivity index (χ0v) is 15.5. The first-order valence-electron chi connectivity index (χ1n) is 7.58. The van der Waals surface area contributed by atoms with Crippen molar-refractivity contribution in [1.82, 2.24) is 19.7 Å². The monoisotopic (exact) mass is 408 g/mol. The fraction of sp³-hybridized carbons (Fsp3) is 0.0625. The highest BCUT2D eigenvalue weighted by molar-refractivity contribution is 7.89. The molecule has 0 aliphatic rings. The van der Waals surface area contributed by atoms with E-state index in [9.17, 15) is 12.8 Å². The van der Waals surface area contributed by atoms with Crippen molar-refractivity contribution < 1.29 is 12.8 Å². The van der Waals surface area contributed by atoms with Crippen molar-refractivity contribution in [2.24, 2.45) is 0 Å². The third-order valence-electron chi connectivity index (χ3n) is 3.43. The zero-order valence-electron chi connectivity index (χ0n) is 13.9. The summed E-state index contributed by atoms with van der Waals surface area (Å²) in [6.45, 7) is 0. The number of hydrogen-bond donors (Lipinski definition) is 3. The van der Waals surface area contributed by atoms with Crippen LogP contribution in [-0.2, 0) is 10.0 Å². The van der Waals surface area contributed by atoms with Gasteiger partial charge in [0.2, 0.25) is 10.0 Å². The highest BCUT2D eigenvalue weighted by Gasteiger charge is 2.14. The van der Waals surface area contributed by atoms with Crippen LogP contribution in [0.2, 0.25) is 5.02 Å². The average Bonchev–Trinajstić information content (AvgIpc) is 2.65. The fourth-order valence-corrected chi connectivity index (χ4v) is 2.97. The highest BCUT2D eigenvalue weighted by Crippen LogP contribution is 2.24. The quantitative estimate of drug-likeness (QED) is 0.575. The Kier molecular flexibility index (Phi) is 5.49. The number of rotatable bonds is 6. The van der Waals surface area contributed by atoms with Gasteiger partial charge in [-0.05, 0) is 37.4 Å². The van der Waals surface area contributed by atoms with Crippen LogP contribution >= 0.6 is 11.6 Å². The molecule has 0 atom stereocenters. The van der Waals surface area contributed by atoms with Crippen LogP contribution in [-0.4, -0.2) is 30.4 Å². The van der Waals surface area contributed by atoms with E-state index in [1.165, 1.54) is 37.8 Å². The Morgan fingerprint density at radius 1 is 0.963 bits per heavy atom. The van der Waals surface area contributed by atoms with Gasteiger partial charge in [-0.15, -0.1) is 0 Å². The molecule has 3 N–H and O–H groups in total. The van der Waals surface area contributed by atoms with Gasteiger partial charge < -0.3 is 10.6 Å². The summed E-state index contributed by atoms with van der Waals surface area (Å²) >= 11 is 5.79. The van der Waals surface area contributed by atoms with Gasteiger partial charge in [0.25, 0.3) is 0 Å². The standard InChI is InChI=1S/C16H14ClFN6O2S/c1-19-27(25,26)11-3-4-12(18)13(6-11)23-15-7-16(22-9-21-15)24-14-5-2-10(17)8-20-14/h2-9,19H,1H3,(H2,20,21,22,23,24). The van der Waals surface area contributed by atoms with Gasteiger partial charge in [-0.1, -0.05) is 11.6 Å². The second kappa shape index (κ2) is 7.82. The number of nitrogens with one attached hydrogen (secondary N) is 3. The molecule has 2 aromatic heterocycles. The first-order chi connectivity index (χ1) is 12.9. The molecule has 0 saturated heterocycles. The van der Waals surface area contributed by atoms with Crippen LogP contribution in [0.1, 0.15) is 0 Å². The molecule has 3 rings (SSSR count). The molecule has 0 saturated carbocycles. The molecular formula is C16H14ClFN6O2S. The molecule has 11 heteroatoms. The number of hydrogen-bond acceptors (Lipinski definition) is 7. The first kappa shape index (κ1) is 19.0. The van der Waals surface area contributed by atoms with E-state index < -0.39 is 15.8 Å². The summed E-state index contributed by atoms with van der Waals surface area (Å²) in [5.74, 6) is 0.552. The Morgan fingerprint density at radius 2 is 1.70 bits per heavy atom. The first-order valence-corrected chi connectivity index (χ1v) is 9.44. The van der Waals surface area contributed by atoms with Crippen LogP contribution in [0.15, 0.2) is 53.8 Å². The van der Waals surface area contributed by atoms with Crippen molar-refractivity contribution in [3.63, 3.8) is 0 Å². The van der Waals surface area contributed by atoms with E-state index in [0.29, 0.717) is 16.7 Å². The van der Waals surface area contributed by atoms with E-state index >= 15 is 0 Å². The van der Waals surface area contributed by atoms with Crippen molar-refractivity contribution in [3.05, 3.63) is 59.8 Å². The van der Waals surface area contributed by atoms with Crippen LogP contribution < -0.4 is 15.4 Å². The van der Waals surface area contributed by atoms with Crippen LogP contribution in [0.4, 0.5) is 27.5 Å². The minimum Gasteiger partial charge on any atom is -0.338 e. The van der Waals surface area contributed by atoms with E-state index in [1.54, 1.807) is 12.1 Å². The number of sulfonamides is 1. The smallest absolute Gasteiger partial charge is 0.240 e. The number of pyridine rings is 1. The SMILES string of the molecule is CNS(=O)(=O)c1ccc(F)c(Nc2cc(Nc3ccc(Cl)cn3)ncn2)c1. The van der Waals surface area contributed by atoms with E-state index in [1.807, 2.05) is 0 Å². The Morgan fingerprint density at radius 3 is 2.37 bits per heavy atom. The van der Waals surface area contributed by atoms with Crippen molar-refractivity contribution in [2.75, 3.05) is 17.7 Å². The van der Waals surface area contributed by atoms with E-state index in [-0.39, 0.29) is 16.4 Å². The summed E-state index contributed by atoms with van der Waals surface area (Å²) in [5.41, 5.74) is -0.0411. The predicted octanol–water partition coefficient (Wildman–Crippen LogP) is 3.06. The molecule has 27 heavy (non-hydrogen) atoms. The van der Waals surface area contributed by atoms with Gasteiger partial charge in [-0.3, -0.25) is 0 Å². The van der Waals surface area contributed by atoms with Gasteiger partial charge in [-0.2, -0.15) is 0 Å². The van der Waals surface area contributed by atoms with Gasteiger partial charge >= 0.3 is 0 Å². The lowest BCUT2D eigenvalue weighted by atomic mass is 10.3. The number of aromatic nitrogens is 3. The third kappa shape index (κ3) is 4.67. The topological polar surface area (TPSA) is 109 Å². The van der Waals surface area contributed by atoms with Crippen molar-refractivity contribution >= 4 is 44.8 Å². The molecule has 0 fully saturated rings. The molecule has 140 valence electrons. The minimum absolute atomic E-state index is 0.0411. The van der Waals surface area contributed by atoms with Gasteiger partial charge in [0.15, 0.2) is 0 Å². The Labute approximate surface area is 159 Å². The van der Waals surface area contributed by atoms with Gasteiger partial charge in [0, 0.05) is 12.3 Å². The summed E-state index contributed by atoms with van der Waals surface area (Å²) in [7, 11) is -2.43. The summed E-state index contributed by atoms with van der Waals surface area (Å²) in [6, 6.07) is 8.27. The Balaban J connectivity index is 1.84. The molecule has 1 aromatic carbocycles. The summed E-state index contributed by atoms with van der Waals surface area (Å²) in [6.07, 6.45) is 2.75. The van der Waals surface area contributed by atoms with Gasteiger partial charge in [0.1, 0.15) is 29.6 Å². The maximum atomic E-state index is 14.1. The van der Waals surface area contributed by atoms with Crippen molar-refractivity contribution in [1.29, 1.82) is 0 Å². The Hall–Kier alpha value is -2.82. The molecule has 0 amide bonds. The largest absolute Gasteiger partial charge is 0.338 e. The molecule has 2 heterocycles. The second-order valence-electron chi connectivity index (χ2n) is 5.25. The number of benzene rings is 1. The molecule has 0 unspecified atom stereocenters. The molecule has 0 spiro atoms. The van der Waals surface area contributed by atoms with Gasteiger partial charge in [0.05, 0.1) is 15.6 Å². The number of halogens is 2. The van der Waals surface area contributed by atoms with Crippen LogP contribution in [0.5, 0.6) is 0 Å². The summed E-state index contributed by atoms with van der Waals surface area (Å²) in [4.78, 5) is 12.1. The van der Waals surface area contributed by atoms with Crippen LogP contribution in [0.25, 0.3) is 0 Å². The summed E-state index contributed by atoms with van der Waals surface area (Å²) < 4.78 is 40.0. The zero-order chi connectivity index (χ0) is 19.4. The van der Waals surface area contributed by atoms with Crippen molar-refractivity contribution in [3.8, 4) is 0 Å². The van der Waals surface area contributed by atoms with Crippen LogP contribution in [0, 0.1) is 5.82 Å². The van der Waals surface area contributed by atoms with E-state index in [2.05, 4.69) is 30.3 Å². The van der Waals surface area contributed by atoms with Crippen molar-refractivity contribution in [2.45, 2.75) is 4.90 Å². The highest BCUT2D eigenvalue weighted by atomic mass is 35.5. The molecule has 3 aromatic rings. The minimum atomic E-state index is -3.70. The lowest BCUT2D eigenvalue weighted by Crippen LogP contribution is -2.18. The Bertz CT molecular complexity index is 1060. The normalized spacial score (nSPS) is 11.2. The second-order valence-corrected chi connectivity index (χ2v) is 7.57. The molecule has 0 aliphatic carbocycles. The molecule has 0 aliphatic heterocycles. The van der Waals surface area contributed by atoms with Crippen LogP contribution in [0.3, 0.4) is 0 Å². The number of anilines is 4.